The van der Waals surface area contributed by atoms with Crippen molar-refractivity contribution >= 4 is 35.3 Å². The van der Waals surface area contributed by atoms with E-state index < -0.39 is 0 Å². The van der Waals surface area contributed by atoms with Crippen LogP contribution in [0.15, 0.2) is 30.3 Å². The van der Waals surface area contributed by atoms with Crippen molar-refractivity contribution in [2.24, 2.45) is 0 Å². The lowest BCUT2D eigenvalue weighted by Crippen LogP contribution is -2.22. The Labute approximate surface area is 114 Å². The molecule has 6 heteroatoms. The minimum absolute atomic E-state index is 0.180. The number of nitrogens with zero attached hydrogens (tertiary/aromatic N) is 1. The summed E-state index contributed by atoms with van der Waals surface area (Å²) in [5.74, 6) is 0.211. The highest BCUT2D eigenvalue weighted by molar-refractivity contribution is 7.73. The minimum atomic E-state index is -0.180. The molecule has 1 heterocycles. The molecule has 0 saturated carbocycles. The zero-order valence-corrected chi connectivity index (χ0v) is 11.5. The summed E-state index contributed by atoms with van der Waals surface area (Å²) in [4.78, 5) is 12.3. The molecule has 4 nitrogen and oxygen atoms in total. The number of anilines is 1. The average Bonchev–Trinajstić information content (AvgIpc) is 2.66. The zero-order valence-electron chi connectivity index (χ0n) is 9.84. The van der Waals surface area contributed by atoms with Gasteiger partial charge in [-0.1, -0.05) is 29.5 Å². The SMILES string of the molecule is CCNC(=O)c1sc(=S)n(-c2ccccc2)c1N. The number of carbonyl (C=O) groups excluding carboxylic acids is 1. The van der Waals surface area contributed by atoms with Crippen LogP contribution in [0.5, 0.6) is 0 Å². The van der Waals surface area contributed by atoms with E-state index in [2.05, 4.69) is 5.32 Å². The third-order valence-electron chi connectivity index (χ3n) is 2.40. The van der Waals surface area contributed by atoms with Gasteiger partial charge in [-0.3, -0.25) is 9.36 Å². The van der Waals surface area contributed by atoms with Crippen LogP contribution in [0.1, 0.15) is 16.6 Å². The maximum absolute atomic E-state index is 11.8. The summed E-state index contributed by atoms with van der Waals surface area (Å²) in [5.41, 5.74) is 6.88. The molecule has 0 bridgehead atoms. The summed E-state index contributed by atoms with van der Waals surface area (Å²) in [6.45, 7) is 2.43. The number of amides is 1. The van der Waals surface area contributed by atoms with Crippen LogP contribution < -0.4 is 11.1 Å². The zero-order chi connectivity index (χ0) is 13.1. The van der Waals surface area contributed by atoms with E-state index >= 15 is 0 Å². The molecule has 2 aromatic rings. The summed E-state index contributed by atoms with van der Waals surface area (Å²) in [5, 5.41) is 2.73. The van der Waals surface area contributed by atoms with E-state index in [1.807, 2.05) is 37.3 Å². The van der Waals surface area contributed by atoms with Crippen molar-refractivity contribution < 1.29 is 4.79 Å². The molecule has 0 radical (unpaired) electrons. The van der Waals surface area contributed by atoms with Gasteiger partial charge in [-0.25, -0.2) is 0 Å². The normalized spacial score (nSPS) is 10.3. The topological polar surface area (TPSA) is 60.0 Å². The fourth-order valence-corrected chi connectivity index (χ4v) is 2.89. The van der Waals surface area contributed by atoms with Gasteiger partial charge in [0.2, 0.25) is 0 Å². The second-order valence-corrected chi connectivity index (χ2v) is 5.26. The molecule has 0 atom stereocenters. The number of benzene rings is 1. The highest BCUT2D eigenvalue weighted by Crippen LogP contribution is 2.25. The Hall–Kier alpha value is -1.66. The molecule has 1 amide bonds. The predicted octanol–water partition coefficient (Wildman–Crippen LogP) is 2.60. The molecule has 0 aliphatic heterocycles. The van der Waals surface area contributed by atoms with Crippen LogP contribution in [0.25, 0.3) is 5.69 Å². The van der Waals surface area contributed by atoms with Crippen molar-refractivity contribution in [2.75, 3.05) is 12.3 Å². The first-order valence-corrected chi connectivity index (χ1v) is 6.72. The van der Waals surface area contributed by atoms with Crippen molar-refractivity contribution in [1.29, 1.82) is 0 Å². The van der Waals surface area contributed by atoms with E-state index in [0.717, 1.165) is 5.69 Å². The number of carbonyl (C=O) groups is 1. The third-order valence-corrected chi connectivity index (χ3v) is 3.79. The second-order valence-electron chi connectivity index (χ2n) is 3.61. The van der Waals surface area contributed by atoms with E-state index in [4.69, 9.17) is 18.0 Å². The Kier molecular flexibility index (Phi) is 3.78. The largest absolute Gasteiger partial charge is 0.383 e. The number of thiazole rings is 1. The van der Waals surface area contributed by atoms with Crippen molar-refractivity contribution in [2.45, 2.75) is 6.92 Å². The van der Waals surface area contributed by atoms with Gasteiger partial charge in [0.1, 0.15) is 10.7 Å². The van der Waals surface area contributed by atoms with Crippen LogP contribution in [0.2, 0.25) is 0 Å². The van der Waals surface area contributed by atoms with E-state index in [0.29, 0.717) is 21.2 Å². The number of nitrogen functional groups attached to an aromatic ring is 1. The number of aromatic nitrogens is 1. The van der Waals surface area contributed by atoms with Crippen molar-refractivity contribution in [3.05, 3.63) is 39.2 Å². The van der Waals surface area contributed by atoms with E-state index in [9.17, 15) is 4.79 Å². The Balaban J connectivity index is 2.52. The standard InChI is InChI=1S/C12H13N3OS2/c1-2-14-11(16)9-10(13)15(12(17)18-9)8-6-4-3-5-7-8/h3-7H,2,13H2,1H3,(H,14,16). The first-order valence-electron chi connectivity index (χ1n) is 5.50. The Morgan fingerprint density at radius 3 is 2.72 bits per heavy atom. The van der Waals surface area contributed by atoms with Gasteiger partial charge in [0.15, 0.2) is 3.95 Å². The lowest BCUT2D eigenvalue weighted by atomic mass is 10.3. The van der Waals surface area contributed by atoms with E-state index in [1.165, 1.54) is 11.3 Å². The highest BCUT2D eigenvalue weighted by Gasteiger charge is 2.16. The molecule has 0 spiro atoms. The number of rotatable bonds is 3. The maximum atomic E-state index is 11.8. The summed E-state index contributed by atoms with van der Waals surface area (Å²) >= 11 is 6.49. The van der Waals surface area contributed by atoms with Gasteiger partial charge in [-0.15, -0.1) is 0 Å². The lowest BCUT2D eigenvalue weighted by molar-refractivity contribution is 0.0960. The predicted molar refractivity (Wildman–Crippen MR) is 76.9 cm³/mol. The molecule has 3 N–H and O–H groups in total. The number of nitrogens with one attached hydrogen (secondary N) is 1. The molecule has 1 aromatic heterocycles. The van der Waals surface area contributed by atoms with Crippen LogP contribution in [-0.2, 0) is 0 Å². The molecule has 0 fully saturated rings. The molecule has 1 aromatic carbocycles. The van der Waals surface area contributed by atoms with Gasteiger partial charge in [0.05, 0.1) is 0 Å². The molecule has 0 aliphatic rings. The molecule has 0 saturated heterocycles. The van der Waals surface area contributed by atoms with Crippen LogP contribution in [0.4, 0.5) is 5.82 Å². The minimum Gasteiger partial charge on any atom is -0.383 e. The van der Waals surface area contributed by atoms with Crippen LogP contribution in [-0.4, -0.2) is 17.0 Å². The van der Waals surface area contributed by atoms with Gasteiger partial charge < -0.3 is 11.1 Å². The maximum Gasteiger partial charge on any atom is 0.265 e. The second kappa shape index (κ2) is 5.32. The summed E-state index contributed by atoms with van der Waals surface area (Å²) < 4.78 is 2.28. The summed E-state index contributed by atoms with van der Waals surface area (Å²) in [6.07, 6.45) is 0. The highest BCUT2D eigenvalue weighted by atomic mass is 32.1. The fourth-order valence-electron chi connectivity index (χ4n) is 1.61. The van der Waals surface area contributed by atoms with Gasteiger partial charge in [0.25, 0.3) is 5.91 Å². The number of hydrogen-bond acceptors (Lipinski definition) is 4. The molecule has 0 unspecified atom stereocenters. The van der Waals surface area contributed by atoms with Crippen LogP contribution in [0.3, 0.4) is 0 Å². The first-order chi connectivity index (χ1) is 8.65. The number of hydrogen-bond donors (Lipinski definition) is 2. The van der Waals surface area contributed by atoms with Crippen molar-refractivity contribution in [1.82, 2.24) is 9.88 Å². The molecule has 0 aliphatic carbocycles. The summed E-state index contributed by atoms with van der Waals surface area (Å²) in [6, 6.07) is 9.53. The smallest absolute Gasteiger partial charge is 0.265 e. The molecular formula is C12H13N3OS2. The molecule has 94 valence electrons. The van der Waals surface area contributed by atoms with Gasteiger partial charge >= 0.3 is 0 Å². The Morgan fingerprint density at radius 2 is 2.11 bits per heavy atom. The third kappa shape index (κ3) is 2.30. The van der Waals surface area contributed by atoms with Gasteiger partial charge in [-0.05, 0) is 31.3 Å². The molecule has 18 heavy (non-hydrogen) atoms. The van der Waals surface area contributed by atoms with Crippen molar-refractivity contribution in [3.63, 3.8) is 0 Å². The van der Waals surface area contributed by atoms with Gasteiger partial charge in [0, 0.05) is 12.2 Å². The number of nitrogens with two attached hydrogens (primary N) is 1. The number of para-hydroxylation sites is 1. The lowest BCUT2D eigenvalue weighted by Gasteiger charge is -2.05. The van der Waals surface area contributed by atoms with Crippen molar-refractivity contribution in [3.8, 4) is 5.69 Å². The Morgan fingerprint density at radius 1 is 1.44 bits per heavy atom. The van der Waals surface area contributed by atoms with E-state index in [1.54, 1.807) is 4.57 Å². The Bertz CT molecular complexity index is 616. The average molecular weight is 279 g/mol. The quantitative estimate of drug-likeness (QED) is 0.849. The summed E-state index contributed by atoms with van der Waals surface area (Å²) in [7, 11) is 0. The molecule has 2 rings (SSSR count). The molecular weight excluding hydrogens is 266 g/mol. The van der Waals surface area contributed by atoms with E-state index in [-0.39, 0.29) is 5.91 Å². The monoisotopic (exact) mass is 279 g/mol. The van der Waals surface area contributed by atoms with Crippen LogP contribution >= 0.6 is 23.6 Å². The first kappa shape index (κ1) is 12.8. The fraction of sp³-hybridized carbons (Fsp3) is 0.167. The van der Waals surface area contributed by atoms with Crippen LogP contribution in [0, 0.1) is 3.95 Å². The van der Waals surface area contributed by atoms with Gasteiger partial charge in [-0.2, -0.15) is 0 Å².